The van der Waals surface area contributed by atoms with Crippen LogP contribution in [-0.4, -0.2) is 27.9 Å². The minimum Gasteiger partial charge on any atom is -0.469 e. The van der Waals surface area contributed by atoms with Crippen molar-refractivity contribution in [3.05, 3.63) is 72.7 Å². The third kappa shape index (κ3) is 5.03. The van der Waals surface area contributed by atoms with E-state index in [9.17, 15) is 4.79 Å². The molecule has 0 atom stereocenters. The van der Waals surface area contributed by atoms with Gasteiger partial charge in [-0.2, -0.15) is 0 Å². The molecule has 0 saturated heterocycles. The molecule has 4 rings (SSSR count). The average molecular weight is 449 g/mol. The fourth-order valence-electron chi connectivity index (χ4n) is 3.30. The van der Waals surface area contributed by atoms with Crippen LogP contribution in [-0.2, 0) is 4.79 Å². The second kappa shape index (κ2) is 9.74. The zero-order valence-corrected chi connectivity index (χ0v) is 18.9. The summed E-state index contributed by atoms with van der Waals surface area (Å²) >= 11 is 1.22. The van der Waals surface area contributed by atoms with Gasteiger partial charge in [0.05, 0.1) is 17.6 Å². The summed E-state index contributed by atoms with van der Waals surface area (Å²) in [6.07, 6.45) is 1.58. The van der Waals surface area contributed by atoms with E-state index in [1.807, 2.05) is 75.4 Å². The van der Waals surface area contributed by atoms with E-state index in [4.69, 9.17) is 8.83 Å². The molecule has 1 N–H and O–H groups in total. The predicted octanol–water partition coefficient (Wildman–Crippen LogP) is 5.92. The zero-order chi connectivity index (χ0) is 22.5. The number of nitrogens with zero attached hydrogens (tertiary/aromatic N) is 3. The molecule has 0 unspecified atom stereocenters. The number of amides is 1. The first kappa shape index (κ1) is 21.7. The lowest BCUT2D eigenvalue weighted by atomic mass is 10.2. The van der Waals surface area contributed by atoms with Gasteiger partial charge in [-0.25, -0.2) is 0 Å². The Kier molecular flexibility index (Phi) is 6.61. The number of furan rings is 1. The summed E-state index contributed by atoms with van der Waals surface area (Å²) in [5.74, 6) is 1.24. The minimum atomic E-state index is -0.0342. The fourth-order valence-corrected chi connectivity index (χ4v) is 3.92. The Bertz CT molecular complexity index is 1170. The standard InChI is InChI=1S/C24H24N4O3S/c1-16(2)28(20-11-9-19(10-12-20)25-18-7-5-4-6-8-18)22(29)15-32-24-27-26-23(31-24)21-13-14-30-17(21)3/h4-14,16,25H,15H2,1-3H3. The third-order valence-electron chi connectivity index (χ3n) is 4.81. The average Bonchev–Trinajstić information content (AvgIpc) is 3.43. The highest BCUT2D eigenvalue weighted by Crippen LogP contribution is 2.28. The van der Waals surface area contributed by atoms with Crippen LogP contribution < -0.4 is 10.2 Å². The van der Waals surface area contributed by atoms with Crippen molar-refractivity contribution in [2.24, 2.45) is 0 Å². The van der Waals surface area contributed by atoms with E-state index < -0.39 is 0 Å². The van der Waals surface area contributed by atoms with E-state index in [0.29, 0.717) is 16.9 Å². The number of aryl methyl sites for hydroxylation is 1. The maximum Gasteiger partial charge on any atom is 0.277 e. The van der Waals surface area contributed by atoms with Crippen LogP contribution in [0, 0.1) is 6.92 Å². The number of rotatable bonds is 8. The van der Waals surface area contributed by atoms with Crippen LogP contribution in [0.2, 0.25) is 0 Å². The summed E-state index contributed by atoms with van der Waals surface area (Å²) in [4.78, 5) is 14.8. The monoisotopic (exact) mass is 448 g/mol. The molecule has 0 aliphatic rings. The van der Waals surface area contributed by atoms with Gasteiger partial charge in [-0.15, -0.1) is 10.2 Å². The first-order valence-electron chi connectivity index (χ1n) is 10.3. The molecule has 0 spiro atoms. The second-order valence-corrected chi connectivity index (χ2v) is 8.37. The summed E-state index contributed by atoms with van der Waals surface area (Å²) in [5.41, 5.74) is 3.56. The third-order valence-corrected chi connectivity index (χ3v) is 5.61. The van der Waals surface area contributed by atoms with Gasteiger partial charge in [0.25, 0.3) is 11.1 Å². The second-order valence-electron chi connectivity index (χ2n) is 7.45. The van der Waals surface area contributed by atoms with Gasteiger partial charge in [0.2, 0.25) is 5.91 Å². The molecular weight excluding hydrogens is 424 g/mol. The highest BCUT2D eigenvalue weighted by molar-refractivity contribution is 7.99. The van der Waals surface area contributed by atoms with Crippen LogP contribution in [0.15, 0.2) is 81.0 Å². The summed E-state index contributed by atoms with van der Waals surface area (Å²) in [7, 11) is 0. The first-order valence-corrected chi connectivity index (χ1v) is 11.2. The topological polar surface area (TPSA) is 84.4 Å². The molecule has 2 aromatic carbocycles. The van der Waals surface area contributed by atoms with E-state index in [0.717, 1.165) is 22.6 Å². The molecule has 2 heterocycles. The normalized spacial score (nSPS) is 11.0. The smallest absolute Gasteiger partial charge is 0.277 e. The number of carbonyl (C=O) groups excluding carboxylic acids is 1. The number of para-hydroxylation sites is 1. The summed E-state index contributed by atoms with van der Waals surface area (Å²) < 4.78 is 11.0. The number of thioether (sulfide) groups is 1. The summed E-state index contributed by atoms with van der Waals surface area (Å²) in [5, 5.41) is 11.8. The van der Waals surface area contributed by atoms with Crippen molar-refractivity contribution in [3.63, 3.8) is 0 Å². The van der Waals surface area contributed by atoms with Crippen LogP contribution in [0.3, 0.4) is 0 Å². The van der Waals surface area contributed by atoms with E-state index in [1.165, 1.54) is 11.8 Å². The van der Waals surface area contributed by atoms with Crippen LogP contribution in [0.25, 0.3) is 11.5 Å². The van der Waals surface area contributed by atoms with Gasteiger partial charge in [0.15, 0.2) is 0 Å². The Labute approximate surface area is 190 Å². The Balaban J connectivity index is 1.41. The van der Waals surface area contributed by atoms with Crippen LogP contribution >= 0.6 is 11.8 Å². The van der Waals surface area contributed by atoms with Gasteiger partial charge < -0.3 is 19.1 Å². The molecule has 164 valence electrons. The minimum absolute atomic E-state index is 0.00265. The lowest BCUT2D eigenvalue weighted by molar-refractivity contribution is -0.116. The van der Waals surface area contributed by atoms with Crippen LogP contribution in [0.1, 0.15) is 19.6 Å². The Hall–Kier alpha value is -3.52. The molecule has 0 fully saturated rings. The van der Waals surface area contributed by atoms with Crippen molar-refractivity contribution in [3.8, 4) is 11.5 Å². The molecule has 4 aromatic rings. The highest BCUT2D eigenvalue weighted by Gasteiger charge is 2.21. The van der Waals surface area contributed by atoms with Gasteiger partial charge in [-0.05, 0) is 63.2 Å². The number of nitrogens with one attached hydrogen (secondary N) is 1. The molecule has 0 bridgehead atoms. The van der Waals surface area contributed by atoms with Crippen LogP contribution in [0.5, 0.6) is 0 Å². The van der Waals surface area contributed by atoms with Gasteiger partial charge in [-0.3, -0.25) is 4.79 Å². The van der Waals surface area contributed by atoms with Gasteiger partial charge >= 0.3 is 0 Å². The van der Waals surface area contributed by atoms with E-state index in [2.05, 4.69) is 15.5 Å². The van der Waals surface area contributed by atoms with E-state index in [-0.39, 0.29) is 17.7 Å². The van der Waals surface area contributed by atoms with Crippen molar-refractivity contribution in [2.45, 2.75) is 32.0 Å². The Morgan fingerprint density at radius 1 is 1.03 bits per heavy atom. The quantitative estimate of drug-likeness (QED) is 0.335. The van der Waals surface area contributed by atoms with Crippen molar-refractivity contribution in [2.75, 3.05) is 16.0 Å². The number of hydrogen-bond donors (Lipinski definition) is 1. The Morgan fingerprint density at radius 2 is 1.75 bits per heavy atom. The zero-order valence-electron chi connectivity index (χ0n) is 18.1. The lowest BCUT2D eigenvalue weighted by Gasteiger charge is -2.27. The lowest BCUT2D eigenvalue weighted by Crippen LogP contribution is -2.38. The number of benzene rings is 2. The molecule has 0 radical (unpaired) electrons. The van der Waals surface area contributed by atoms with Gasteiger partial charge in [-0.1, -0.05) is 30.0 Å². The number of aromatic nitrogens is 2. The molecule has 32 heavy (non-hydrogen) atoms. The molecule has 0 aliphatic heterocycles. The fraction of sp³-hybridized carbons (Fsp3) is 0.208. The molecule has 7 nitrogen and oxygen atoms in total. The van der Waals surface area contributed by atoms with Crippen molar-refractivity contribution >= 4 is 34.7 Å². The van der Waals surface area contributed by atoms with E-state index >= 15 is 0 Å². The highest BCUT2D eigenvalue weighted by atomic mass is 32.2. The van der Waals surface area contributed by atoms with Crippen molar-refractivity contribution in [1.29, 1.82) is 0 Å². The largest absolute Gasteiger partial charge is 0.469 e. The van der Waals surface area contributed by atoms with Crippen LogP contribution in [0.4, 0.5) is 17.1 Å². The molecular formula is C24H24N4O3S. The summed E-state index contributed by atoms with van der Waals surface area (Å²) in [6.45, 7) is 5.81. The maximum atomic E-state index is 13.0. The number of anilines is 3. The van der Waals surface area contributed by atoms with Gasteiger partial charge in [0, 0.05) is 23.1 Å². The predicted molar refractivity (Wildman–Crippen MR) is 126 cm³/mol. The number of hydrogen-bond acceptors (Lipinski definition) is 7. The molecule has 8 heteroatoms. The van der Waals surface area contributed by atoms with Crippen molar-refractivity contribution < 1.29 is 13.6 Å². The molecule has 0 aliphatic carbocycles. The summed E-state index contributed by atoms with van der Waals surface area (Å²) in [6, 6.07) is 19.6. The maximum absolute atomic E-state index is 13.0. The van der Waals surface area contributed by atoms with Crippen molar-refractivity contribution in [1.82, 2.24) is 10.2 Å². The van der Waals surface area contributed by atoms with Gasteiger partial charge in [0.1, 0.15) is 5.76 Å². The SMILES string of the molecule is Cc1occc1-c1nnc(SCC(=O)N(c2ccc(Nc3ccccc3)cc2)C(C)C)o1. The number of carbonyl (C=O) groups is 1. The first-order chi connectivity index (χ1) is 15.5. The molecule has 1 amide bonds. The van der Waals surface area contributed by atoms with E-state index in [1.54, 1.807) is 17.2 Å². The Morgan fingerprint density at radius 3 is 2.41 bits per heavy atom. The molecule has 0 saturated carbocycles. The molecule has 2 aromatic heterocycles.